The second kappa shape index (κ2) is 4.75. The van der Waals surface area contributed by atoms with E-state index in [1.165, 1.54) is 4.90 Å². The van der Waals surface area contributed by atoms with E-state index in [2.05, 4.69) is 0 Å². The summed E-state index contributed by atoms with van der Waals surface area (Å²) in [7, 11) is 1.57. The van der Waals surface area contributed by atoms with Crippen molar-refractivity contribution in [2.24, 2.45) is 0 Å². The number of carbonyl (C=O) groups excluding carboxylic acids is 2. The zero-order valence-corrected chi connectivity index (χ0v) is 10.7. The van der Waals surface area contributed by atoms with Crippen LogP contribution >= 0.6 is 0 Å². The highest BCUT2D eigenvalue weighted by Crippen LogP contribution is 2.34. The summed E-state index contributed by atoms with van der Waals surface area (Å²) in [5.74, 6) is -0.369. The number of amides is 2. The average Bonchev–Trinajstić information content (AvgIpc) is 2.63. The van der Waals surface area contributed by atoms with Gasteiger partial charge in [0.2, 0.25) is 0 Å². The number of imide groups is 1. The van der Waals surface area contributed by atoms with Crippen molar-refractivity contribution in [2.75, 3.05) is 13.9 Å². The van der Waals surface area contributed by atoms with E-state index in [-0.39, 0.29) is 30.8 Å². The Bertz CT molecular complexity index is 487. The first-order valence-corrected chi connectivity index (χ1v) is 6.30. The van der Waals surface area contributed by atoms with E-state index in [1.807, 2.05) is 0 Å². The highest BCUT2D eigenvalue weighted by molar-refractivity contribution is 6.21. The van der Waals surface area contributed by atoms with Crippen molar-refractivity contribution in [2.45, 2.75) is 25.0 Å². The fraction of sp³-hybridized carbons (Fsp3) is 0.429. The number of benzene rings is 1. The first-order chi connectivity index (χ1) is 9.22. The fourth-order valence-electron chi connectivity index (χ4n) is 2.59. The van der Waals surface area contributed by atoms with Crippen LogP contribution in [0.5, 0.6) is 0 Å². The maximum Gasteiger partial charge on any atom is 0.261 e. The Hall–Kier alpha value is -1.72. The number of fused-ring (bicyclic) bond motifs is 1. The zero-order valence-electron chi connectivity index (χ0n) is 10.7. The molecule has 1 saturated carbocycles. The normalized spacial score (nSPS) is 25.4. The lowest BCUT2D eigenvalue weighted by Crippen LogP contribution is -2.50. The van der Waals surface area contributed by atoms with E-state index in [0.717, 1.165) is 0 Å². The summed E-state index contributed by atoms with van der Waals surface area (Å²) >= 11 is 0. The molecule has 0 N–H and O–H groups in total. The van der Waals surface area contributed by atoms with E-state index in [1.54, 1.807) is 31.4 Å². The fourth-order valence-corrected chi connectivity index (χ4v) is 2.59. The molecular weight excluding hydrogens is 246 g/mol. The molecule has 0 radical (unpaired) electrons. The third-order valence-electron chi connectivity index (χ3n) is 3.68. The number of methoxy groups -OCH3 is 1. The molecule has 19 heavy (non-hydrogen) atoms. The topological polar surface area (TPSA) is 55.8 Å². The van der Waals surface area contributed by atoms with Crippen LogP contribution < -0.4 is 0 Å². The van der Waals surface area contributed by atoms with Crippen molar-refractivity contribution >= 4 is 11.8 Å². The Morgan fingerprint density at radius 3 is 2.26 bits per heavy atom. The van der Waals surface area contributed by atoms with E-state index in [0.29, 0.717) is 24.0 Å². The molecule has 1 heterocycles. The zero-order chi connectivity index (χ0) is 13.4. The quantitative estimate of drug-likeness (QED) is 0.608. The number of nitrogens with zero attached hydrogens (tertiary/aromatic N) is 1. The summed E-state index contributed by atoms with van der Waals surface area (Å²) in [4.78, 5) is 25.8. The molecule has 1 aromatic rings. The van der Waals surface area contributed by atoms with Gasteiger partial charge in [-0.05, 0) is 25.0 Å². The molecular formula is C14H15NO4. The molecule has 100 valence electrons. The molecule has 1 aliphatic carbocycles. The van der Waals surface area contributed by atoms with Crippen molar-refractivity contribution in [1.29, 1.82) is 0 Å². The summed E-state index contributed by atoms with van der Waals surface area (Å²) < 4.78 is 10.2. The first-order valence-electron chi connectivity index (χ1n) is 6.30. The van der Waals surface area contributed by atoms with Gasteiger partial charge < -0.3 is 9.47 Å². The standard InChI is InChI=1S/C14H15NO4/c1-18-8-19-10-6-9(7-10)15-13(16)11-4-2-3-5-12(11)14(15)17/h2-5,9-10H,6-8H2,1H3. The van der Waals surface area contributed by atoms with Crippen molar-refractivity contribution in [1.82, 2.24) is 4.90 Å². The maximum atomic E-state index is 12.2. The van der Waals surface area contributed by atoms with Crippen LogP contribution in [0, 0.1) is 0 Å². The summed E-state index contributed by atoms with van der Waals surface area (Å²) in [5, 5.41) is 0. The maximum absolute atomic E-state index is 12.2. The molecule has 2 aliphatic rings. The Balaban J connectivity index is 1.69. The molecule has 5 heteroatoms. The number of hydrogen-bond donors (Lipinski definition) is 0. The monoisotopic (exact) mass is 261 g/mol. The highest BCUT2D eigenvalue weighted by atomic mass is 16.7. The molecule has 0 saturated heterocycles. The Morgan fingerprint density at radius 2 is 1.74 bits per heavy atom. The van der Waals surface area contributed by atoms with Crippen LogP contribution in [-0.2, 0) is 9.47 Å². The smallest absolute Gasteiger partial charge is 0.261 e. The average molecular weight is 261 g/mol. The van der Waals surface area contributed by atoms with Gasteiger partial charge in [0.05, 0.1) is 17.2 Å². The van der Waals surface area contributed by atoms with Crippen molar-refractivity contribution in [3.63, 3.8) is 0 Å². The van der Waals surface area contributed by atoms with Gasteiger partial charge in [-0.15, -0.1) is 0 Å². The molecule has 2 amide bonds. The predicted molar refractivity (Wildman–Crippen MR) is 66.7 cm³/mol. The largest absolute Gasteiger partial charge is 0.359 e. The Morgan fingerprint density at radius 1 is 1.16 bits per heavy atom. The molecule has 0 spiro atoms. The second-order valence-electron chi connectivity index (χ2n) is 4.85. The van der Waals surface area contributed by atoms with Gasteiger partial charge in [-0.1, -0.05) is 12.1 Å². The lowest BCUT2D eigenvalue weighted by Gasteiger charge is -2.39. The van der Waals surface area contributed by atoms with Gasteiger partial charge in [-0.3, -0.25) is 14.5 Å². The molecule has 0 atom stereocenters. The number of ether oxygens (including phenoxy) is 2. The van der Waals surface area contributed by atoms with Gasteiger partial charge in [0.1, 0.15) is 6.79 Å². The third-order valence-corrected chi connectivity index (χ3v) is 3.68. The Kier molecular flexibility index (Phi) is 3.08. The van der Waals surface area contributed by atoms with Crippen LogP contribution in [0.4, 0.5) is 0 Å². The number of carbonyl (C=O) groups is 2. The molecule has 5 nitrogen and oxygen atoms in total. The molecule has 1 fully saturated rings. The van der Waals surface area contributed by atoms with Crippen molar-refractivity contribution in [3.8, 4) is 0 Å². The molecule has 0 unspecified atom stereocenters. The molecule has 1 aromatic carbocycles. The molecule has 0 aromatic heterocycles. The van der Waals surface area contributed by atoms with Crippen molar-refractivity contribution < 1.29 is 19.1 Å². The second-order valence-corrected chi connectivity index (χ2v) is 4.85. The summed E-state index contributed by atoms with van der Waals surface area (Å²) in [5.41, 5.74) is 1.02. The van der Waals surface area contributed by atoms with Crippen LogP contribution in [0.25, 0.3) is 0 Å². The lowest BCUT2D eigenvalue weighted by molar-refractivity contribution is -0.112. The van der Waals surface area contributed by atoms with Gasteiger partial charge in [-0.2, -0.15) is 0 Å². The van der Waals surface area contributed by atoms with Gasteiger partial charge in [0.25, 0.3) is 11.8 Å². The van der Waals surface area contributed by atoms with Gasteiger partial charge in [0, 0.05) is 13.2 Å². The molecule has 0 bridgehead atoms. The first kappa shape index (κ1) is 12.3. The minimum atomic E-state index is -0.184. The van der Waals surface area contributed by atoms with E-state index in [4.69, 9.17) is 9.47 Å². The van der Waals surface area contributed by atoms with Gasteiger partial charge in [0.15, 0.2) is 0 Å². The van der Waals surface area contributed by atoms with Crippen LogP contribution in [0.1, 0.15) is 33.6 Å². The van der Waals surface area contributed by atoms with Crippen LogP contribution in [0.2, 0.25) is 0 Å². The van der Waals surface area contributed by atoms with Crippen LogP contribution in [-0.4, -0.2) is 42.8 Å². The SMILES string of the molecule is COCOC1CC(N2C(=O)c3ccccc3C2=O)C1. The lowest BCUT2D eigenvalue weighted by atomic mass is 9.88. The highest BCUT2D eigenvalue weighted by Gasteiger charge is 2.45. The number of rotatable bonds is 4. The predicted octanol–water partition coefficient (Wildman–Crippen LogP) is 1.43. The van der Waals surface area contributed by atoms with Gasteiger partial charge >= 0.3 is 0 Å². The third kappa shape index (κ3) is 1.95. The molecule has 3 rings (SSSR count). The van der Waals surface area contributed by atoms with E-state index in [9.17, 15) is 9.59 Å². The summed E-state index contributed by atoms with van der Waals surface area (Å²) in [6.07, 6.45) is 1.46. The minimum absolute atomic E-state index is 0.0470. The van der Waals surface area contributed by atoms with Crippen LogP contribution in [0.3, 0.4) is 0 Å². The molecule has 1 aliphatic heterocycles. The van der Waals surface area contributed by atoms with E-state index < -0.39 is 0 Å². The van der Waals surface area contributed by atoms with E-state index >= 15 is 0 Å². The van der Waals surface area contributed by atoms with Crippen LogP contribution in [0.15, 0.2) is 24.3 Å². The Labute approximate surface area is 111 Å². The van der Waals surface area contributed by atoms with Crippen molar-refractivity contribution in [3.05, 3.63) is 35.4 Å². The minimum Gasteiger partial charge on any atom is -0.359 e. The van der Waals surface area contributed by atoms with Gasteiger partial charge in [-0.25, -0.2) is 0 Å². The number of hydrogen-bond acceptors (Lipinski definition) is 4. The summed E-state index contributed by atoms with van der Waals surface area (Å²) in [6, 6.07) is 6.91. The summed E-state index contributed by atoms with van der Waals surface area (Å²) in [6.45, 7) is 0.250.